The number of rotatable bonds is 2. The van der Waals surface area contributed by atoms with E-state index >= 15 is 0 Å². The van der Waals surface area contributed by atoms with Crippen molar-refractivity contribution in [3.63, 3.8) is 0 Å². The van der Waals surface area contributed by atoms with Crippen LogP contribution in [-0.4, -0.2) is 9.38 Å². The Morgan fingerprint density at radius 3 is 2.65 bits per heavy atom. The number of nitrogens with zero attached hydrogens (tertiary/aromatic N) is 2. The Balaban J connectivity index is 2.29. The van der Waals surface area contributed by atoms with E-state index in [2.05, 4.69) is 54.1 Å². The monoisotopic (exact) mass is 242 g/mol. The van der Waals surface area contributed by atoms with Crippen LogP contribution in [-0.2, 0) is 0 Å². The number of benzene rings is 1. The van der Waals surface area contributed by atoms with Crippen LogP contribution in [0.2, 0.25) is 0 Å². The molecule has 0 aliphatic carbocycles. The van der Waals surface area contributed by atoms with E-state index < -0.39 is 0 Å². The predicted molar refractivity (Wildman–Crippen MR) is 72.6 cm³/mol. The van der Waals surface area contributed by atoms with Crippen LogP contribution in [0.25, 0.3) is 16.2 Å². The fourth-order valence-electron chi connectivity index (χ4n) is 2.16. The van der Waals surface area contributed by atoms with E-state index in [0.29, 0.717) is 5.92 Å². The maximum atomic E-state index is 4.75. The van der Waals surface area contributed by atoms with Crippen LogP contribution in [0.4, 0.5) is 0 Å². The van der Waals surface area contributed by atoms with Crippen LogP contribution in [0.5, 0.6) is 0 Å². The molecule has 0 saturated heterocycles. The van der Waals surface area contributed by atoms with E-state index in [1.807, 2.05) is 6.07 Å². The maximum absolute atomic E-state index is 4.75. The molecule has 2 aromatic heterocycles. The molecule has 0 fully saturated rings. The molecule has 0 amide bonds. The van der Waals surface area contributed by atoms with Crippen molar-refractivity contribution in [3.05, 3.63) is 47.6 Å². The summed E-state index contributed by atoms with van der Waals surface area (Å²) >= 11 is 1.69. The quantitative estimate of drug-likeness (QED) is 0.658. The van der Waals surface area contributed by atoms with Crippen LogP contribution in [0, 0.1) is 0 Å². The lowest BCUT2D eigenvalue weighted by atomic mass is 10.0. The molecule has 3 heteroatoms. The second-order valence-corrected chi connectivity index (χ2v) is 5.29. The molecule has 86 valence electrons. The Labute approximate surface area is 105 Å². The highest BCUT2D eigenvalue weighted by molar-refractivity contribution is 7.15. The molecule has 0 spiro atoms. The van der Waals surface area contributed by atoms with Gasteiger partial charge in [0.25, 0.3) is 0 Å². The van der Waals surface area contributed by atoms with Gasteiger partial charge in [0.15, 0.2) is 4.96 Å². The Bertz CT molecular complexity index is 635. The van der Waals surface area contributed by atoms with Crippen molar-refractivity contribution in [3.8, 4) is 11.3 Å². The molecule has 0 N–H and O–H groups in total. The first-order valence-corrected chi connectivity index (χ1v) is 6.66. The number of hydrogen-bond donors (Lipinski definition) is 0. The smallest absolute Gasteiger partial charge is 0.194 e. The highest BCUT2D eigenvalue weighted by Gasteiger charge is 2.16. The average Bonchev–Trinajstić information content (AvgIpc) is 2.88. The molecule has 1 aromatic carbocycles. The van der Waals surface area contributed by atoms with Crippen LogP contribution in [0.1, 0.15) is 25.5 Å². The molecular weight excluding hydrogens is 228 g/mol. The number of fused-ring (bicyclic) bond motifs is 1. The van der Waals surface area contributed by atoms with Crippen molar-refractivity contribution in [2.75, 3.05) is 0 Å². The number of imidazole rings is 1. The number of aromatic nitrogens is 2. The molecule has 0 aliphatic rings. The van der Waals surface area contributed by atoms with E-state index in [1.165, 1.54) is 11.3 Å². The van der Waals surface area contributed by atoms with Crippen LogP contribution in [0.15, 0.2) is 41.9 Å². The van der Waals surface area contributed by atoms with Gasteiger partial charge in [-0.25, -0.2) is 4.98 Å². The summed E-state index contributed by atoms with van der Waals surface area (Å²) in [6.45, 7) is 4.43. The molecule has 0 aliphatic heterocycles. The van der Waals surface area contributed by atoms with Crippen LogP contribution < -0.4 is 0 Å². The van der Waals surface area contributed by atoms with E-state index in [4.69, 9.17) is 4.98 Å². The first-order chi connectivity index (χ1) is 8.27. The standard InChI is InChI=1S/C14H14N2S/c1-10(2)13-12(11-6-4-3-5-7-11)15-14-16(13)8-9-17-14/h3-10H,1-2H3. The van der Waals surface area contributed by atoms with Gasteiger partial charge in [0, 0.05) is 17.1 Å². The largest absolute Gasteiger partial charge is 0.294 e. The Morgan fingerprint density at radius 1 is 1.18 bits per heavy atom. The summed E-state index contributed by atoms with van der Waals surface area (Å²) in [5, 5.41) is 2.09. The molecule has 3 aromatic rings. The first kappa shape index (κ1) is 10.5. The van der Waals surface area contributed by atoms with Crippen LogP contribution in [0.3, 0.4) is 0 Å². The minimum absolute atomic E-state index is 0.467. The minimum Gasteiger partial charge on any atom is -0.294 e. The molecule has 0 unspecified atom stereocenters. The van der Waals surface area contributed by atoms with Crippen molar-refractivity contribution < 1.29 is 0 Å². The summed E-state index contributed by atoms with van der Waals surface area (Å²) in [5.74, 6) is 0.467. The van der Waals surface area contributed by atoms with Gasteiger partial charge >= 0.3 is 0 Å². The van der Waals surface area contributed by atoms with Crippen molar-refractivity contribution in [2.24, 2.45) is 0 Å². The molecule has 17 heavy (non-hydrogen) atoms. The Kier molecular flexibility index (Phi) is 2.48. The van der Waals surface area contributed by atoms with Gasteiger partial charge in [-0.2, -0.15) is 0 Å². The molecule has 2 heterocycles. The fraction of sp³-hybridized carbons (Fsp3) is 0.214. The zero-order chi connectivity index (χ0) is 11.8. The third-order valence-electron chi connectivity index (χ3n) is 2.89. The molecule has 3 rings (SSSR count). The Hall–Kier alpha value is -1.61. The SMILES string of the molecule is CC(C)c1c(-c2ccccc2)nc2sccn12. The highest BCUT2D eigenvalue weighted by Crippen LogP contribution is 2.31. The van der Waals surface area contributed by atoms with Crippen molar-refractivity contribution in [1.82, 2.24) is 9.38 Å². The van der Waals surface area contributed by atoms with Gasteiger partial charge in [0.2, 0.25) is 0 Å². The van der Waals surface area contributed by atoms with E-state index in [9.17, 15) is 0 Å². The van der Waals surface area contributed by atoms with Crippen LogP contribution >= 0.6 is 11.3 Å². The second kappa shape index (κ2) is 4.00. The first-order valence-electron chi connectivity index (χ1n) is 5.78. The van der Waals surface area contributed by atoms with Crippen molar-refractivity contribution >= 4 is 16.3 Å². The molecular formula is C14H14N2S. The van der Waals surface area contributed by atoms with Gasteiger partial charge in [0.05, 0.1) is 11.4 Å². The lowest BCUT2D eigenvalue weighted by Crippen LogP contribution is -1.95. The summed E-state index contributed by atoms with van der Waals surface area (Å²) in [6, 6.07) is 10.4. The summed E-state index contributed by atoms with van der Waals surface area (Å²) < 4.78 is 2.21. The van der Waals surface area contributed by atoms with Gasteiger partial charge in [-0.3, -0.25) is 4.40 Å². The molecule has 0 saturated carbocycles. The van der Waals surface area contributed by atoms with Gasteiger partial charge in [-0.15, -0.1) is 11.3 Å². The third-order valence-corrected chi connectivity index (χ3v) is 3.65. The zero-order valence-corrected chi connectivity index (χ0v) is 10.7. The Morgan fingerprint density at radius 2 is 1.94 bits per heavy atom. The fourth-order valence-corrected chi connectivity index (χ4v) is 2.88. The van der Waals surface area contributed by atoms with E-state index in [1.54, 1.807) is 11.3 Å². The van der Waals surface area contributed by atoms with Gasteiger partial charge in [0.1, 0.15) is 0 Å². The molecule has 0 radical (unpaired) electrons. The third kappa shape index (κ3) is 1.67. The molecule has 0 atom stereocenters. The normalized spacial score (nSPS) is 11.5. The topological polar surface area (TPSA) is 17.3 Å². The highest BCUT2D eigenvalue weighted by atomic mass is 32.1. The van der Waals surface area contributed by atoms with Gasteiger partial charge in [-0.05, 0) is 5.92 Å². The summed E-state index contributed by atoms with van der Waals surface area (Å²) in [5.41, 5.74) is 3.62. The maximum Gasteiger partial charge on any atom is 0.194 e. The molecule has 0 bridgehead atoms. The van der Waals surface area contributed by atoms with Crippen molar-refractivity contribution in [2.45, 2.75) is 19.8 Å². The van der Waals surface area contributed by atoms with Gasteiger partial charge in [-0.1, -0.05) is 44.2 Å². The predicted octanol–water partition coefficient (Wildman–Crippen LogP) is 4.19. The average molecular weight is 242 g/mol. The second-order valence-electron chi connectivity index (χ2n) is 4.42. The summed E-state index contributed by atoms with van der Waals surface area (Å²) in [7, 11) is 0. The minimum atomic E-state index is 0.467. The number of hydrogen-bond acceptors (Lipinski definition) is 2. The van der Waals surface area contributed by atoms with Gasteiger partial charge < -0.3 is 0 Å². The van der Waals surface area contributed by atoms with Crippen molar-refractivity contribution in [1.29, 1.82) is 0 Å². The lowest BCUT2D eigenvalue weighted by Gasteiger charge is -2.07. The number of thiazole rings is 1. The summed E-state index contributed by atoms with van der Waals surface area (Å²) in [4.78, 5) is 5.82. The summed E-state index contributed by atoms with van der Waals surface area (Å²) in [6.07, 6.45) is 2.11. The van der Waals surface area contributed by atoms with E-state index in [0.717, 1.165) is 10.7 Å². The zero-order valence-electron chi connectivity index (χ0n) is 9.92. The molecule has 2 nitrogen and oxygen atoms in total. The van der Waals surface area contributed by atoms with E-state index in [-0.39, 0.29) is 0 Å². The lowest BCUT2D eigenvalue weighted by molar-refractivity contribution is 0.814.